The minimum Gasteiger partial charge on any atom is -0.497 e. The van der Waals surface area contributed by atoms with E-state index in [-0.39, 0.29) is 24.5 Å². The summed E-state index contributed by atoms with van der Waals surface area (Å²) in [6.07, 6.45) is 0. The summed E-state index contributed by atoms with van der Waals surface area (Å²) in [6.45, 7) is 4.10. The van der Waals surface area contributed by atoms with Gasteiger partial charge in [-0.2, -0.15) is 0 Å². The third-order valence-electron chi connectivity index (χ3n) is 3.89. The topological polar surface area (TPSA) is 56.8 Å². The van der Waals surface area contributed by atoms with Crippen molar-refractivity contribution in [3.05, 3.63) is 54.1 Å². The summed E-state index contributed by atoms with van der Waals surface area (Å²) in [5.41, 5.74) is 1.04. The van der Waals surface area contributed by atoms with Gasteiger partial charge in [0.1, 0.15) is 17.2 Å². The summed E-state index contributed by atoms with van der Waals surface area (Å²) in [7, 11) is 3.24. The molecule has 2 aromatic rings. The van der Waals surface area contributed by atoms with E-state index in [2.05, 4.69) is 19.2 Å². The molecule has 0 aromatic heterocycles. The second-order valence-corrected chi connectivity index (χ2v) is 6.03. The smallest absolute Gasteiger partial charge is 0.258 e. The molecular weight excluding hydrogens is 318 g/mol. The van der Waals surface area contributed by atoms with Crippen molar-refractivity contribution in [1.29, 1.82) is 0 Å². The fourth-order valence-electron chi connectivity index (χ4n) is 2.48. The van der Waals surface area contributed by atoms with Crippen molar-refractivity contribution in [3.63, 3.8) is 0 Å². The Kier molecular flexibility index (Phi) is 6.69. The van der Waals surface area contributed by atoms with Gasteiger partial charge in [0.2, 0.25) is 0 Å². The highest BCUT2D eigenvalue weighted by molar-refractivity contribution is 5.78. The maximum absolute atomic E-state index is 12.3. The lowest BCUT2D eigenvalue weighted by Crippen LogP contribution is -2.35. The number of hydrogen-bond acceptors (Lipinski definition) is 4. The molecule has 1 amide bonds. The molecule has 0 aliphatic carbocycles. The zero-order valence-electron chi connectivity index (χ0n) is 15.1. The monoisotopic (exact) mass is 343 g/mol. The first-order valence-electron chi connectivity index (χ1n) is 8.23. The average molecular weight is 343 g/mol. The molecule has 0 bridgehead atoms. The van der Waals surface area contributed by atoms with Crippen LogP contribution in [-0.4, -0.2) is 26.7 Å². The molecule has 0 fully saturated rings. The molecule has 1 atom stereocenters. The van der Waals surface area contributed by atoms with E-state index in [4.69, 9.17) is 14.2 Å². The van der Waals surface area contributed by atoms with E-state index in [0.29, 0.717) is 5.75 Å². The zero-order valence-corrected chi connectivity index (χ0v) is 15.1. The van der Waals surface area contributed by atoms with Gasteiger partial charge in [0.25, 0.3) is 5.91 Å². The molecule has 0 saturated carbocycles. The normalized spacial score (nSPS) is 11.7. The van der Waals surface area contributed by atoms with Gasteiger partial charge >= 0.3 is 0 Å². The van der Waals surface area contributed by atoms with E-state index in [1.165, 1.54) is 0 Å². The quantitative estimate of drug-likeness (QED) is 0.796. The molecule has 25 heavy (non-hydrogen) atoms. The Labute approximate surface area is 148 Å². The molecule has 0 saturated heterocycles. The Bertz CT molecular complexity index is 665. The average Bonchev–Trinajstić information content (AvgIpc) is 2.64. The van der Waals surface area contributed by atoms with Crippen LogP contribution >= 0.6 is 0 Å². The van der Waals surface area contributed by atoms with Crippen molar-refractivity contribution in [2.75, 3.05) is 20.8 Å². The maximum Gasteiger partial charge on any atom is 0.258 e. The van der Waals surface area contributed by atoms with E-state index >= 15 is 0 Å². The van der Waals surface area contributed by atoms with Crippen molar-refractivity contribution >= 4 is 5.91 Å². The SMILES string of the molecule is COc1ccc(OCC(=O)N[C@@H](c2ccc(OC)cc2)C(C)C)cc1. The third-order valence-corrected chi connectivity index (χ3v) is 3.89. The van der Waals surface area contributed by atoms with Crippen molar-refractivity contribution in [1.82, 2.24) is 5.32 Å². The van der Waals surface area contributed by atoms with Crippen LogP contribution in [0.4, 0.5) is 0 Å². The van der Waals surface area contributed by atoms with E-state index in [0.717, 1.165) is 17.1 Å². The standard InChI is InChI=1S/C20H25NO4/c1-14(2)20(15-5-7-16(23-3)8-6-15)21-19(22)13-25-18-11-9-17(24-4)10-12-18/h5-12,14,20H,13H2,1-4H3,(H,21,22)/t20-/m1/s1. The first-order valence-corrected chi connectivity index (χ1v) is 8.23. The Balaban J connectivity index is 1.94. The third kappa shape index (κ3) is 5.41. The Morgan fingerprint density at radius 1 is 0.880 bits per heavy atom. The molecule has 0 aliphatic rings. The lowest BCUT2D eigenvalue weighted by molar-refractivity contribution is -0.124. The summed E-state index contributed by atoms with van der Waals surface area (Å²) in [5.74, 6) is 2.25. The van der Waals surface area contributed by atoms with E-state index in [1.54, 1.807) is 38.5 Å². The van der Waals surface area contributed by atoms with Crippen molar-refractivity contribution in [2.24, 2.45) is 5.92 Å². The van der Waals surface area contributed by atoms with Crippen molar-refractivity contribution < 1.29 is 19.0 Å². The molecule has 0 aliphatic heterocycles. The van der Waals surface area contributed by atoms with Gasteiger partial charge in [0, 0.05) is 0 Å². The number of benzene rings is 2. The van der Waals surface area contributed by atoms with Crippen LogP contribution in [0, 0.1) is 5.92 Å². The van der Waals surface area contributed by atoms with Gasteiger partial charge in [-0.15, -0.1) is 0 Å². The van der Waals surface area contributed by atoms with E-state index in [9.17, 15) is 4.79 Å². The summed E-state index contributed by atoms with van der Waals surface area (Å²) < 4.78 is 15.8. The molecule has 0 spiro atoms. The van der Waals surface area contributed by atoms with Gasteiger partial charge in [-0.25, -0.2) is 0 Å². The summed E-state index contributed by atoms with van der Waals surface area (Å²) in [6, 6.07) is 14.8. The zero-order chi connectivity index (χ0) is 18.2. The number of amides is 1. The van der Waals surface area contributed by atoms with Crippen LogP contribution < -0.4 is 19.5 Å². The first-order chi connectivity index (χ1) is 12.0. The van der Waals surface area contributed by atoms with Crippen molar-refractivity contribution in [2.45, 2.75) is 19.9 Å². The number of hydrogen-bond donors (Lipinski definition) is 1. The lowest BCUT2D eigenvalue weighted by atomic mass is 9.96. The Hall–Kier alpha value is -2.69. The molecule has 5 nitrogen and oxygen atoms in total. The van der Waals surface area contributed by atoms with Crippen LogP contribution in [0.1, 0.15) is 25.5 Å². The van der Waals surface area contributed by atoms with Gasteiger partial charge in [-0.1, -0.05) is 26.0 Å². The molecule has 1 N–H and O–H groups in total. The Morgan fingerprint density at radius 3 is 1.84 bits per heavy atom. The first kappa shape index (κ1) is 18.6. The van der Waals surface area contributed by atoms with Gasteiger partial charge in [0.05, 0.1) is 20.3 Å². The molecular formula is C20H25NO4. The fourth-order valence-corrected chi connectivity index (χ4v) is 2.48. The minimum absolute atomic E-state index is 0.0360. The highest BCUT2D eigenvalue weighted by atomic mass is 16.5. The highest BCUT2D eigenvalue weighted by Crippen LogP contribution is 2.24. The number of nitrogens with one attached hydrogen (secondary N) is 1. The van der Waals surface area contributed by atoms with E-state index < -0.39 is 0 Å². The van der Waals surface area contributed by atoms with Crippen LogP contribution in [-0.2, 0) is 4.79 Å². The lowest BCUT2D eigenvalue weighted by Gasteiger charge is -2.23. The number of rotatable bonds is 8. The summed E-state index contributed by atoms with van der Waals surface area (Å²) in [4.78, 5) is 12.3. The number of carbonyl (C=O) groups excluding carboxylic acids is 1. The molecule has 2 aromatic carbocycles. The van der Waals surface area contributed by atoms with Gasteiger partial charge in [-0.3, -0.25) is 4.79 Å². The fraction of sp³-hybridized carbons (Fsp3) is 0.350. The minimum atomic E-state index is -0.162. The van der Waals surface area contributed by atoms with Crippen LogP contribution in [0.25, 0.3) is 0 Å². The highest BCUT2D eigenvalue weighted by Gasteiger charge is 2.18. The number of methoxy groups -OCH3 is 2. The molecule has 5 heteroatoms. The largest absolute Gasteiger partial charge is 0.497 e. The van der Waals surface area contributed by atoms with Crippen molar-refractivity contribution in [3.8, 4) is 17.2 Å². The predicted octanol–water partition coefficient (Wildman–Crippen LogP) is 3.60. The summed E-state index contributed by atoms with van der Waals surface area (Å²) in [5, 5.41) is 3.03. The van der Waals surface area contributed by atoms with Crippen LogP contribution in [0.5, 0.6) is 17.2 Å². The Morgan fingerprint density at radius 2 is 1.36 bits per heavy atom. The van der Waals surface area contributed by atoms with Crippen LogP contribution in [0.15, 0.2) is 48.5 Å². The summed E-state index contributed by atoms with van der Waals surface area (Å²) >= 11 is 0. The molecule has 0 radical (unpaired) electrons. The number of ether oxygens (including phenoxy) is 3. The predicted molar refractivity (Wildman–Crippen MR) is 97.2 cm³/mol. The molecule has 0 unspecified atom stereocenters. The molecule has 2 rings (SSSR count). The second-order valence-electron chi connectivity index (χ2n) is 6.03. The van der Waals surface area contributed by atoms with Gasteiger partial charge in [-0.05, 0) is 47.9 Å². The number of carbonyl (C=O) groups is 1. The maximum atomic E-state index is 12.3. The van der Waals surface area contributed by atoms with Gasteiger partial charge < -0.3 is 19.5 Å². The van der Waals surface area contributed by atoms with Crippen LogP contribution in [0.3, 0.4) is 0 Å². The second kappa shape index (κ2) is 8.97. The van der Waals surface area contributed by atoms with Gasteiger partial charge in [0.15, 0.2) is 6.61 Å². The van der Waals surface area contributed by atoms with Crippen LogP contribution in [0.2, 0.25) is 0 Å². The molecule has 0 heterocycles. The molecule has 134 valence electrons. The van der Waals surface area contributed by atoms with E-state index in [1.807, 2.05) is 24.3 Å².